The molecule has 1 heterocycles. The highest BCUT2D eigenvalue weighted by Crippen LogP contribution is 2.59. The van der Waals surface area contributed by atoms with E-state index in [0.29, 0.717) is 6.54 Å². The number of aryl methyl sites for hydroxylation is 1. The van der Waals surface area contributed by atoms with Crippen LogP contribution in [0, 0.1) is 24.2 Å². The maximum Gasteiger partial charge on any atom is 0.307 e. The monoisotopic (exact) mass is 293 g/mol. The van der Waals surface area contributed by atoms with Crippen LogP contribution in [0.2, 0.25) is 0 Å². The molecule has 0 bridgehead atoms. The Balaban J connectivity index is 2.16. The minimum absolute atomic E-state index is 0.00579. The van der Waals surface area contributed by atoms with Crippen molar-refractivity contribution in [2.75, 3.05) is 0 Å². The Morgan fingerprint density at radius 1 is 1.33 bits per heavy atom. The first-order valence-electron chi connectivity index (χ1n) is 7.25. The van der Waals surface area contributed by atoms with Gasteiger partial charge in [0, 0.05) is 6.04 Å². The van der Waals surface area contributed by atoms with Crippen LogP contribution >= 0.6 is 0 Å². The van der Waals surface area contributed by atoms with E-state index in [0.717, 1.165) is 11.5 Å². The summed E-state index contributed by atoms with van der Waals surface area (Å²) in [6.45, 7) is 9.77. The predicted molar refractivity (Wildman–Crippen MR) is 77.5 cm³/mol. The fourth-order valence-electron chi connectivity index (χ4n) is 2.99. The van der Waals surface area contributed by atoms with Crippen LogP contribution in [-0.2, 0) is 16.1 Å². The van der Waals surface area contributed by atoms with Crippen molar-refractivity contribution in [2.45, 2.75) is 47.2 Å². The van der Waals surface area contributed by atoms with Gasteiger partial charge in [-0.1, -0.05) is 13.8 Å². The van der Waals surface area contributed by atoms with Crippen LogP contribution in [0.1, 0.15) is 39.2 Å². The number of carboxylic acids is 1. The van der Waals surface area contributed by atoms with Crippen LogP contribution in [0.25, 0.3) is 0 Å². The normalized spacial score (nSPS) is 23.1. The highest BCUT2D eigenvalue weighted by molar-refractivity contribution is 5.91. The van der Waals surface area contributed by atoms with Crippen molar-refractivity contribution in [1.82, 2.24) is 4.90 Å². The van der Waals surface area contributed by atoms with E-state index in [4.69, 9.17) is 4.42 Å². The Kier molecular flexibility index (Phi) is 3.87. The summed E-state index contributed by atoms with van der Waals surface area (Å²) in [6.07, 6.45) is 0. The maximum atomic E-state index is 12.7. The fraction of sp³-hybridized carbons (Fsp3) is 0.625. The summed E-state index contributed by atoms with van der Waals surface area (Å²) >= 11 is 0. The molecule has 21 heavy (non-hydrogen) atoms. The van der Waals surface area contributed by atoms with E-state index >= 15 is 0 Å². The van der Waals surface area contributed by atoms with Crippen LogP contribution in [-0.4, -0.2) is 27.9 Å². The molecule has 5 nitrogen and oxygen atoms in total. The van der Waals surface area contributed by atoms with E-state index in [9.17, 15) is 14.7 Å². The van der Waals surface area contributed by atoms with Gasteiger partial charge in [0.2, 0.25) is 5.91 Å². The lowest BCUT2D eigenvalue weighted by molar-refractivity contribution is -0.142. The summed E-state index contributed by atoms with van der Waals surface area (Å²) in [4.78, 5) is 25.7. The van der Waals surface area contributed by atoms with E-state index in [1.165, 1.54) is 0 Å². The molecule has 1 aliphatic rings. The standard InChI is InChI=1S/C16H23NO4/c1-9(2)17(8-11-7-6-10(3)21-11)14(18)12-13(15(19)20)16(12,4)5/h6-7,9,12-13H,8H2,1-5H3,(H,19,20)/t12-,13+/m1/s1. The van der Waals surface area contributed by atoms with Crippen molar-refractivity contribution in [1.29, 1.82) is 0 Å². The lowest BCUT2D eigenvalue weighted by Crippen LogP contribution is -2.38. The molecule has 0 aliphatic heterocycles. The number of hydrogen-bond acceptors (Lipinski definition) is 3. The molecule has 1 N–H and O–H groups in total. The third-order valence-electron chi connectivity index (χ3n) is 4.39. The molecule has 1 fully saturated rings. The van der Waals surface area contributed by atoms with Crippen molar-refractivity contribution < 1.29 is 19.1 Å². The third-order valence-corrected chi connectivity index (χ3v) is 4.39. The summed E-state index contributed by atoms with van der Waals surface area (Å²) in [6, 6.07) is 3.71. The van der Waals surface area contributed by atoms with Crippen LogP contribution in [0.3, 0.4) is 0 Å². The number of nitrogens with zero attached hydrogens (tertiary/aromatic N) is 1. The van der Waals surface area contributed by atoms with E-state index in [-0.39, 0.29) is 11.9 Å². The van der Waals surface area contributed by atoms with Gasteiger partial charge in [-0.15, -0.1) is 0 Å². The molecular weight excluding hydrogens is 270 g/mol. The van der Waals surface area contributed by atoms with Crippen LogP contribution in [0.4, 0.5) is 0 Å². The van der Waals surface area contributed by atoms with E-state index in [1.807, 2.05) is 46.8 Å². The zero-order valence-electron chi connectivity index (χ0n) is 13.2. The Bertz CT molecular complexity index is 558. The van der Waals surface area contributed by atoms with Gasteiger partial charge in [0.15, 0.2) is 0 Å². The molecule has 5 heteroatoms. The Morgan fingerprint density at radius 3 is 2.33 bits per heavy atom. The zero-order valence-corrected chi connectivity index (χ0v) is 13.2. The number of carbonyl (C=O) groups is 2. The molecule has 116 valence electrons. The van der Waals surface area contributed by atoms with Crippen LogP contribution in [0.5, 0.6) is 0 Å². The third kappa shape index (κ3) is 2.82. The van der Waals surface area contributed by atoms with Gasteiger partial charge in [-0.25, -0.2) is 0 Å². The van der Waals surface area contributed by atoms with Gasteiger partial charge in [0.25, 0.3) is 0 Å². The van der Waals surface area contributed by atoms with E-state index < -0.39 is 23.2 Å². The first kappa shape index (κ1) is 15.6. The van der Waals surface area contributed by atoms with Crippen molar-refractivity contribution in [2.24, 2.45) is 17.3 Å². The first-order valence-corrected chi connectivity index (χ1v) is 7.25. The molecule has 0 radical (unpaired) electrons. The Morgan fingerprint density at radius 2 is 1.95 bits per heavy atom. The fourth-order valence-corrected chi connectivity index (χ4v) is 2.99. The van der Waals surface area contributed by atoms with Crippen molar-refractivity contribution in [3.05, 3.63) is 23.7 Å². The molecule has 1 aromatic rings. The molecule has 0 unspecified atom stereocenters. The summed E-state index contributed by atoms with van der Waals surface area (Å²) in [5, 5.41) is 9.23. The van der Waals surface area contributed by atoms with Crippen molar-refractivity contribution in [3.8, 4) is 0 Å². The van der Waals surface area contributed by atoms with Gasteiger partial charge in [0.1, 0.15) is 11.5 Å². The smallest absolute Gasteiger partial charge is 0.307 e. The second-order valence-corrected chi connectivity index (χ2v) is 6.69. The molecule has 1 saturated carbocycles. The van der Waals surface area contributed by atoms with Gasteiger partial charge in [-0.05, 0) is 38.3 Å². The number of rotatable bonds is 5. The average molecular weight is 293 g/mol. The number of carboxylic acid groups (broad SMARTS) is 1. The summed E-state index contributed by atoms with van der Waals surface area (Å²) in [5.74, 6) is -0.512. The van der Waals surface area contributed by atoms with Gasteiger partial charge in [-0.2, -0.15) is 0 Å². The lowest BCUT2D eigenvalue weighted by Gasteiger charge is -2.26. The Labute approximate surface area is 124 Å². The minimum atomic E-state index is -0.893. The molecule has 1 amide bonds. The zero-order chi connectivity index (χ0) is 15.9. The van der Waals surface area contributed by atoms with Gasteiger partial charge in [0.05, 0.1) is 18.4 Å². The minimum Gasteiger partial charge on any atom is -0.481 e. The van der Waals surface area contributed by atoms with Crippen molar-refractivity contribution >= 4 is 11.9 Å². The van der Waals surface area contributed by atoms with Gasteiger partial charge in [-0.3, -0.25) is 9.59 Å². The maximum absolute atomic E-state index is 12.7. The number of hydrogen-bond donors (Lipinski definition) is 1. The molecule has 2 atom stereocenters. The number of furan rings is 1. The van der Waals surface area contributed by atoms with Crippen molar-refractivity contribution in [3.63, 3.8) is 0 Å². The highest BCUT2D eigenvalue weighted by Gasteiger charge is 2.66. The van der Waals surface area contributed by atoms with E-state index in [2.05, 4.69) is 0 Å². The quantitative estimate of drug-likeness (QED) is 0.906. The summed E-state index contributed by atoms with van der Waals surface area (Å²) in [5.41, 5.74) is -0.477. The largest absolute Gasteiger partial charge is 0.481 e. The van der Waals surface area contributed by atoms with Gasteiger partial charge < -0.3 is 14.4 Å². The highest BCUT2D eigenvalue weighted by atomic mass is 16.4. The first-order chi connectivity index (χ1) is 9.66. The molecule has 1 aliphatic carbocycles. The number of carbonyl (C=O) groups excluding carboxylic acids is 1. The van der Waals surface area contributed by atoms with Gasteiger partial charge >= 0.3 is 5.97 Å². The van der Waals surface area contributed by atoms with E-state index in [1.54, 1.807) is 4.90 Å². The Hall–Kier alpha value is -1.78. The number of amides is 1. The molecule has 1 aromatic heterocycles. The summed E-state index contributed by atoms with van der Waals surface area (Å²) < 4.78 is 5.53. The van der Waals surface area contributed by atoms with Crippen LogP contribution < -0.4 is 0 Å². The molecule has 0 spiro atoms. The predicted octanol–water partition coefficient (Wildman–Crippen LogP) is 2.68. The second-order valence-electron chi connectivity index (χ2n) is 6.69. The lowest BCUT2D eigenvalue weighted by atomic mass is 10.1. The second kappa shape index (κ2) is 5.20. The SMILES string of the molecule is Cc1ccc(CN(C(=O)[C@H]2[C@@H](C(=O)O)C2(C)C)C(C)C)o1. The molecule has 0 aromatic carbocycles. The topological polar surface area (TPSA) is 70.8 Å². The van der Waals surface area contributed by atoms with Crippen LogP contribution in [0.15, 0.2) is 16.5 Å². The molecular formula is C16H23NO4. The number of aliphatic carboxylic acids is 1. The molecule has 0 saturated heterocycles. The average Bonchev–Trinajstić information content (AvgIpc) is 2.71. The summed E-state index contributed by atoms with van der Waals surface area (Å²) in [7, 11) is 0. The molecule has 2 rings (SSSR count).